The lowest BCUT2D eigenvalue weighted by atomic mass is 9.94. The van der Waals surface area contributed by atoms with E-state index in [9.17, 15) is 14.7 Å². The molecule has 1 aliphatic rings. The van der Waals surface area contributed by atoms with Crippen LogP contribution >= 0.6 is 11.3 Å². The number of ether oxygens (including phenoxy) is 2. The zero-order chi connectivity index (χ0) is 22.7. The first-order chi connectivity index (χ1) is 14.7. The number of nitrogens with zero attached hydrogens (tertiary/aromatic N) is 2. The van der Waals surface area contributed by atoms with Crippen molar-refractivity contribution in [2.24, 2.45) is 0 Å². The topological polar surface area (TPSA) is 111 Å². The van der Waals surface area contributed by atoms with Gasteiger partial charge in [0, 0.05) is 23.5 Å². The van der Waals surface area contributed by atoms with Crippen LogP contribution in [0, 0.1) is 6.92 Å². The Morgan fingerprint density at radius 3 is 2.74 bits per heavy atom. The maximum atomic E-state index is 12.2. The third kappa shape index (κ3) is 4.87. The Morgan fingerprint density at radius 2 is 2.10 bits per heavy atom. The molecule has 0 aliphatic carbocycles. The maximum absolute atomic E-state index is 12.2. The van der Waals surface area contributed by atoms with Crippen LogP contribution in [0.4, 0.5) is 5.13 Å². The molecule has 1 aromatic heterocycles. The first-order valence-electron chi connectivity index (χ1n) is 10.1. The summed E-state index contributed by atoms with van der Waals surface area (Å²) in [4.78, 5) is 24.2. The summed E-state index contributed by atoms with van der Waals surface area (Å²) in [6.07, 6.45) is 3.16. The van der Waals surface area contributed by atoms with Crippen molar-refractivity contribution in [2.75, 3.05) is 12.4 Å². The second-order valence-corrected chi connectivity index (χ2v) is 8.83. The number of hydrogen-bond donors (Lipinski definition) is 2. The zero-order valence-electron chi connectivity index (χ0n) is 18.4. The number of anilines is 1. The van der Waals surface area contributed by atoms with Gasteiger partial charge in [-0.3, -0.25) is 4.79 Å². The van der Waals surface area contributed by atoms with Crippen molar-refractivity contribution >= 4 is 28.3 Å². The molecule has 0 atom stereocenters. The number of methoxy groups -OCH3 is 1. The van der Waals surface area contributed by atoms with Gasteiger partial charge in [0.2, 0.25) is 11.0 Å². The molecule has 2 N–H and O–H groups in total. The van der Waals surface area contributed by atoms with Crippen molar-refractivity contribution in [3.05, 3.63) is 38.9 Å². The molecule has 2 aromatic rings. The Balaban J connectivity index is 1.65. The Hall–Kier alpha value is -2.94. The number of phenolic OH excluding ortho intramolecular Hbond substituents is 1. The molecule has 0 radical (unpaired) electrons. The predicted octanol–water partition coefficient (Wildman–Crippen LogP) is 4.26. The van der Waals surface area contributed by atoms with Gasteiger partial charge in [-0.2, -0.15) is 0 Å². The molecule has 166 valence electrons. The number of carbonyl (C=O) groups is 2. The lowest BCUT2D eigenvalue weighted by Gasteiger charge is -2.15. The summed E-state index contributed by atoms with van der Waals surface area (Å²) in [5.74, 6) is 0.0731. The Morgan fingerprint density at radius 1 is 1.35 bits per heavy atom. The lowest BCUT2D eigenvalue weighted by molar-refractivity contribution is -0.116. The van der Waals surface area contributed by atoms with Crippen LogP contribution < -0.4 is 10.1 Å². The molecule has 1 aliphatic heterocycles. The van der Waals surface area contributed by atoms with Gasteiger partial charge in [-0.1, -0.05) is 36.8 Å². The van der Waals surface area contributed by atoms with Gasteiger partial charge in [0.1, 0.15) is 28.7 Å². The summed E-state index contributed by atoms with van der Waals surface area (Å²) in [5.41, 5.74) is 3.20. The number of carbonyl (C=O) groups excluding carboxylic acids is 2. The van der Waals surface area contributed by atoms with E-state index in [1.54, 1.807) is 0 Å². The molecule has 8 nitrogen and oxygen atoms in total. The van der Waals surface area contributed by atoms with Crippen LogP contribution in [0.3, 0.4) is 0 Å². The molecular formula is C22H27N3O5S. The van der Waals surface area contributed by atoms with Crippen LogP contribution in [0.5, 0.6) is 11.5 Å². The second-order valence-electron chi connectivity index (χ2n) is 7.82. The lowest BCUT2D eigenvalue weighted by Crippen LogP contribution is -2.11. The zero-order valence-corrected chi connectivity index (χ0v) is 19.2. The first kappa shape index (κ1) is 22.7. The Bertz CT molecular complexity index is 1040. The largest absolute Gasteiger partial charge is 0.507 e. The smallest absolute Gasteiger partial charge is 0.342 e. The molecule has 2 heterocycles. The van der Waals surface area contributed by atoms with Gasteiger partial charge >= 0.3 is 5.97 Å². The van der Waals surface area contributed by atoms with Gasteiger partial charge in [0.05, 0.1) is 7.11 Å². The van der Waals surface area contributed by atoms with Crippen molar-refractivity contribution in [3.8, 4) is 11.5 Å². The third-order valence-corrected chi connectivity index (χ3v) is 6.37. The van der Waals surface area contributed by atoms with Gasteiger partial charge in [-0.05, 0) is 32.3 Å². The molecule has 9 heteroatoms. The monoisotopic (exact) mass is 445 g/mol. The van der Waals surface area contributed by atoms with Crippen LogP contribution in [0.1, 0.15) is 71.6 Å². The number of amides is 1. The number of rotatable bonds is 8. The summed E-state index contributed by atoms with van der Waals surface area (Å²) in [6.45, 7) is 7.97. The number of phenols is 1. The summed E-state index contributed by atoms with van der Waals surface area (Å²) in [7, 11) is 1.54. The van der Waals surface area contributed by atoms with Gasteiger partial charge in [0.25, 0.3) is 0 Å². The number of benzene rings is 1. The van der Waals surface area contributed by atoms with E-state index in [2.05, 4.69) is 15.5 Å². The van der Waals surface area contributed by atoms with Crippen molar-refractivity contribution in [1.82, 2.24) is 10.2 Å². The van der Waals surface area contributed by atoms with E-state index in [0.717, 1.165) is 16.1 Å². The number of nitrogens with one attached hydrogen (secondary N) is 1. The Kier molecular flexibility index (Phi) is 6.94. The van der Waals surface area contributed by atoms with Crippen molar-refractivity contribution in [2.45, 2.75) is 59.5 Å². The SMILES string of the molecule is COc1c(C)c2c(c(O)c1C/C=C(\C)CCC(=O)Nc1nnc(C(C)C)s1)C(=O)OC2. The highest BCUT2D eigenvalue weighted by Gasteiger charge is 2.31. The number of allylic oxidation sites excluding steroid dienone is 2. The quantitative estimate of drug-likeness (QED) is 0.461. The molecule has 0 bridgehead atoms. The van der Waals surface area contributed by atoms with E-state index in [-0.39, 0.29) is 29.7 Å². The fraction of sp³-hybridized carbons (Fsp3) is 0.455. The molecular weight excluding hydrogens is 418 g/mol. The minimum absolute atomic E-state index is 0.0982. The van der Waals surface area contributed by atoms with E-state index >= 15 is 0 Å². The van der Waals surface area contributed by atoms with Crippen LogP contribution in [0.15, 0.2) is 11.6 Å². The fourth-order valence-electron chi connectivity index (χ4n) is 3.42. The summed E-state index contributed by atoms with van der Waals surface area (Å²) >= 11 is 1.38. The molecule has 31 heavy (non-hydrogen) atoms. The van der Waals surface area contributed by atoms with Crippen LogP contribution in [-0.2, 0) is 22.6 Å². The van der Waals surface area contributed by atoms with E-state index in [0.29, 0.717) is 41.3 Å². The maximum Gasteiger partial charge on any atom is 0.342 e. The van der Waals surface area contributed by atoms with E-state index in [1.807, 2.05) is 33.8 Å². The highest BCUT2D eigenvalue weighted by atomic mass is 32.1. The molecule has 1 aromatic carbocycles. The molecule has 0 saturated carbocycles. The van der Waals surface area contributed by atoms with Gasteiger partial charge in [-0.15, -0.1) is 10.2 Å². The minimum Gasteiger partial charge on any atom is -0.507 e. The average molecular weight is 446 g/mol. The number of aromatic nitrogens is 2. The fourth-order valence-corrected chi connectivity index (χ4v) is 4.18. The molecule has 1 amide bonds. The normalized spacial score (nSPS) is 13.4. The first-order valence-corrected chi connectivity index (χ1v) is 10.9. The summed E-state index contributed by atoms with van der Waals surface area (Å²) in [5, 5.41) is 22.9. The van der Waals surface area contributed by atoms with Crippen molar-refractivity contribution in [3.63, 3.8) is 0 Å². The van der Waals surface area contributed by atoms with E-state index in [4.69, 9.17) is 9.47 Å². The number of cyclic esters (lactones) is 1. The number of aromatic hydroxyl groups is 1. The second kappa shape index (κ2) is 9.47. The number of esters is 1. The molecule has 0 spiro atoms. The van der Waals surface area contributed by atoms with E-state index in [1.165, 1.54) is 18.4 Å². The van der Waals surface area contributed by atoms with Gasteiger partial charge in [0.15, 0.2) is 0 Å². The summed E-state index contributed by atoms with van der Waals surface area (Å²) in [6, 6.07) is 0. The van der Waals surface area contributed by atoms with Crippen LogP contribution in [0.25, 0.3) is 0 Å². The molecule has 0 saturated heterocycles. The van der Waals surface area contributed by atoms with Gasteiger partial charge in [-0.25, -0.2) is 4.79 Å². The van der Waals surface area contributed by atoms with Crippen LogP contribution in [-0.4, -0.2) is 34.3 Å². The molecule has 3 rings (SSSR count). The van der Waals surface area contributed by atoms with Crippen LogP contribution in [0.2, 0.25) is 0 Å². The van der Waals surface area contributed by atoms with Crippen molar-refractivity contribution < 1.29 is 24.2 Å². The number of hydrogen-bond acceptors (Lipinski definition) is 8. The standard InChI is InChI=1S/C22H27N3O5S/c1-11(2)20-24-25-22(31-20)23-16(26)9-7-12(3)6-8-14-18(27)17-15(10-30-21(17)28)13(4)19(14)29-5/h6,11,27H,7-10H2,1-5H3,(H,23,25,26)/b12-6+. The molecule has 0 unspecified atom stereocenters. The van der Waals surface area contributed by atoms with E-state index < -0.39 is 5.97 Å². The Labute approximate surface area is 185 Å². The predicted molar refractivity (Wildman–Crippen MR) is 118 cm³/mol. The average Bonchev–Trinajstić information content (AvgIpc) is 3.35. The highest BCUT2D eigenvalue weighted by molar-refractivity contribution is 7.15. The summed E-state index contributed by atoms with van der Waals surface area (Å²) < 4.78 is 10.6. The molecule has 0 fully saturated rings. The van der Waals surface area contributed by atoms with Crippen molar-refractivity contribution in [1.29, 1.82) is 0 Å². The highest BCUT2D eigenvalue weighted by Crippen LogP contribution is 2.42. The minimum atomic E-state index is -0.519. The third-order valence-electron chi connectivity index (χ3n) is 5.23. The van der Waals surface area contributed by atoms with Gasteiger partial charge < -0.3 is 19.9 Å². The number of fused-ring (bicyclic) bond motifs is 1.